The maximum absolute atomic E-state index is 12.2. The fraction of sp³-hybridized carbons (Fsp3) is 0.744. The SMILES string of the molecule is CCCCC/C=C\C/C=C\C/C=C\C/C=C\CCCCCCCC(=O)OCC(O)COP(=O)(O)OCC(NC(=O)CCCCCCCCCCCC)C(=O)O. The van der Waals surface area contributed by atoms with Gasteiger partial charge in [-0.3, -0.25) is 18.6 Å². The van der Waals surface area contributed by atoms with E-state index in [1.165, 1.54) is 64.2 Å². The first-order chi connectivity index (χ1) is 26.6. The molecule has 3 atom stereocenters. The average Bonchev–Trinajstić information content (AvgIpc) is 3.16. The van der Waals surface area contributed by atoms with Gasteiger partial charge in [0.05, 0.1) is 13.2 Å². The van der Waals surface area contributed by atoms with Crippen LogP contribution in [-0.4, -0.2) is 64.9 Å². The van der Waals surface area contributed by atoms with Crippen molar-refractivity contribution in [2.45, 2.75) is 187 Å². The molecule has 318 valence electrons. The highest BCUT2D eigenvalue weighted by molar-refractivity contribution is 7.47. The van der Waals surface area contributed by atoms with Gasteiger partial charge in [-0.15, -0.1) is 0 Å². The molecule has 0 fully saturated rings. The number of allylic oxidation sites excluding steroid dienone is 8. The Hall–Kier alpha value is -2.56. The van der Waals surface area contributed by atoms with E-state index in [0.29, 0.717) is 12.8 Å². The lowest BCUT2D eigenvalue weighted by atomic mass is 10.1. The Morgan fingerprint density at radius 3 is 1.53 bits per heavy atom. The molecular formula is C43H76NO10P. The zero-order valence-corrected chi connectivity index (χ0v) is 35.1. The molecule has 0 heterocycles. The lowest BCUT2D eigenvalue weighted by Crippen LogP contribution is -2.43. The molecule has 0 aromatic heterocycles. The first-order valence-electron chi connectivity index (χ1n) is 21.2. The summed E-state index contributed by atoms with van der Waals surface area (Å²) in [5.41, 5.74) is 0. The Bertz CT molecular complexity index is 1120. The van der Waals surface area contributed by atoms with Gasteiger partial charge in [0.2, 0.25) is 5.91 Å². The van der Waals surface area contributed by atoms with Gasteiger partial charge in [-0.25, -0.2) is 9.36 Å². The van der Waals surface area contributed by atoms with Crippen molar-refractivity contribution in [3.63, 3.8) is 0 Å². The molecule has 55 heavy (non-hydrogen) atoms. The third-order valence-electron chi connectivity index (χ3n) is 8.87. The number of carboxylic acid groups (broad SMARTS) is 1. The number of rotatable bonds is 39. The molecule has 0 spiro atoms. The number of ether oxygens (including phenoxy) is 1. The Morgan fingerprint density at radius 2 is 1.00 bits per heavy atom. The third kappa shape index (κ3) is 38.1. The van der Waals surface area contributed by atoms with E-state index in [1.54, 1.807) is 0 Å². The summed E-state index contributed by atoms with van der Waals surface area (Å²) in [6.45, 7) is 2.51. The number of aliphatic hydroxyl groups excluding tert-OH is 1. The Kier molecular flexibility index (Phi) is 36.5. The molecule has 0 radical (unpaired) electrons. The summed E-state index contributed by atoms with van der Waals surface area (Å²) in [6.07, 6.45) is 41.4. The summed E-state index contributed by atoms with van der Waals surface area (Å²) in [5, 5.41) is 21.7. The monoisotopic (exact) mass is 798 g/mol. The lowest BCUT2D eigenvalue weighted by Gasteiger charge is -2.18. The second-order valence-corrected chi connectivity index (χ2v) is 15.6. The number of nitrogens with one attached hydrogen (secondary N) is 1. The quantitative estimate of drug-likeness (QED) is 0.0203. The van der Waals surface area contributed by atoms with Crippen LogP contribution in [0.3, 0.4) is 0 Å². The number of phosphoric ester groups is 1. The predicted molar refractivity (Wildman–Crippen MR) is 222 cm³/mol. The number of unbranched alkanes of at least 4 members (excludes halogenated alkanes) is 17. The molecule has 0 aromatic rings. The van der Waals surface area contributed by atoms with E-state index < -0.39 is 57.6 Å². The summed E-state index contributed by atoms with van der Waals surface area (Å²) in [4.78, 5) is 45.7. The van der Waals surface area contributed by atoms with Crippen LogP contribution in [0.15, 0.2) is 48.6 Å². The minimum Gasteiger partial charge on any atom is -0.480 e. The number of amides is 1. The molecular weight excluding hydrogens is 721 g/mol. The molecule has 0 aromatic carbocycles. The van der Waals surface area contributed by atoms with Crippen molar-refractivity contribution in [1.29, 1.82) is 0 Å². The van der Waals surface area contributed by atoms with Crippen LogP contribution in [0.5, 0.6) is 0 Å². The second-order valence-electron chi connectivity index (χ2n) is 14.2. The molecule has 1 amide bonds. The molecule has 0 aliphatic heterocycles. The topological polar surface area (TPSA) is 169 Å². The van der Waals surface area contributed by atoms with Crippen molar-refractivity contribution in [1.82, 2.24) is 5.32 Å². The second kappa shape index (κ2) is 38.3. The standard InChI is InChI=1S/C43H76NO10P/c1-3-5-7-9-11-13-15-16-17-18-19-20-21-22-23-24-25-27-29-31-33-35-42(47)52-36-39(45)37-53-55(50,51)54-38-40(43(48)49)44-41(46)34-32-30-28-26-14-12-10-8-6-4-2/h11,13,16-17,19-20,22-23,39-40,45H,3-10,12,14-15,18,21,24-38H2,1-2H3,(H,44,46)(H,48,49)(H,50,51)/b13-11-,17-16-,20-19-,23-22-. The fourth-order valence-electron chi connectivity index (χ4n) is 5.53. The molecule has 0 bridgehead atoms. The minimum absolute atomic E-state index is 0.145. The molecule has 0 rings (SSSR count). The summed E-state index contributed by atoms with van der Waals surface area (Å²) in [6, 6.07) is -1.55. The van der Waals surface area contributed by atoms with Crippen molar-refractivity contribution in [2.75, 3.05) is 19.8 Å². The highest BCUT2D eigenvalue weighted by Gasteiger charge is 2.28. The van der Waals surface area contributed by atoms with Gasteiger partial charge < -0.3 is 25.2 Å². The van der Waals surface area contributed by atoms with Crippen LogP contribution < -0.4 is 5.32 Å². The van der Waals surface area contributed by atoms with E-state index in [1.807, 2.05) is 0 Å². The van der Waals surface area contributed by atoms with Crippen molar-refractivity contribution < 1.29 is 47.8 Å². The molecule has 0 aliphatic rings. The van der Waals surface area contributed by atoms with Gasteiger partial charge in [-0.2, -0.15) is 0 Å². The number of aliphatic carboxylic acids is 1. The number of hydrogen-bond donors (Lipinski definition) is 4. The van der Waals surface area contributed by atoms with E-state index >= 15 is 0 Å². The third-order valence-corrected chi connectivity index (χ3v) is 9.82. The van der Waals surface area contributed by atoms with Crippen molar-refractivity contribution >= 4 is 25.7 Å². The molecule has 11 nitrogen and oxygen atoms in total. The number of carbonyl (C=O) groups is 3. The number of phosphoric acid groups is 1. The number of carboxylic acids is 1. The smallest absolute Gasteiger partial charge is 0.472 e. The van der Waals surface area contributed by atoms with E-state index in [9.17, 15) is 34.1 Å². The van der Waals surface area contributed by atoms with Crippen molar-refractivity contribution in [3.05, 3.63) is 48.6 Å². The number of esters is 1. The summed E-state index contributed by atoms with van der Waals surface area (Å²) >= 11 is 0. The highest BCUT2D eigenvalue weighted by atomic mass is 31.2. The molecule has 0 saturated carbocycles. The van der Waals surface area contributed by atoms with Crippen LogP contribution in [0.25, 0.3) is 0 Å². The zero-order chi connectivity index (χ0) is 40.7. The van der Waals surface area contributed by atoms with Crippen LogP contribution in [-0.2, 0) is 32.7 Å². The zero-order valence-electron chi connectivity index (χ0n) is 34.2. The highest BCUT2D eigenvalue weighted by Crippen LogP contribution is 2.43. The van der Waals surface area contributed by atoms with Crippen LogP contribution in [0.1, 0.15) is 174 Å². The lowest BCUT2D eigenvalue weighted by molar-refractivity contribution is -0.147. The van der Waals surface area contributed by atoms with E-state index in [2.05, 4.69) is 67.8 Å². The summed E-state index contributed by atoms with van der Waals surface area (Å²) in [7, 11) is -4.75. The van der Waals surface area contributed by atoms with Crippen LogP contribution in [0.2, 0.25) is 0 Å². The average molecular weight is 798 g/mol. The minimum atomic E-state index is -4.75. The maximum atomic E-state index is 12.2. The van der Waals surface area contributed by atoms with E-state index in [0.717, 1.165) is 70.6 Å². The number of aliphatic hydroxyl groups is 1. The molecule has 0 saturated heterocycles. The normalized spacial score (nSPS) is 14.3. The van der Waals surface area contributed by atoms with E-state index in [4.69, 9.17) is 13.8 Å². The molecule has 4 N–H and O–H groups in total. The van der Waals surface area contributed by atoms with Gasteiger partial charge in [0.1, 0.15) is 12.7 Å². The Balaban J connectivity index is 3.92. The Labute approximate surface area is 333 Å². The van der Waals surface area contributed by atoms with E-state index in [-0.39, 0.29) is 12.8 Å². The number of hydrogen-bond acceptors (Lipinski definition) is 8. The summed E-state index contributed by atoms with van der Waals surface area (Å²) < 4.78 is 26.8. The number of carbonyl (C=O) groups excluding carboxylic acids is 2. The van der Waals surface area contributed by atoms with Gasteiger partial charge in [-0.1, -0.05) is 152 Å². The van der Waals surface area contributed by atoms with Gasteiger partial charge in [0.25, 0.3) is 0 Å². The van der Waals surface area contributed by atoms with Crippen LogP contribution >= 0.6 is 7.82 Å². The molecule has 0 aliphatic carbocycles. The summed E-state index contributed by atoms with van der Waals surface area (Å²) in [5.74, 6) is -2.40. The maximum Gasteiger partial charge on any atom is 0.472 e. The first kappa shape index (κ1) is 52.4. The van der Waals surface area contributed by atoms with Gasteiger partial charge in [-0.05, 0) is 57.8 Å². The van der Waals surface area contributed by atoms with Gasteiger partial charge in [0, 0.05) is 12.8 Å². The fourth-order valence-corrected chi connectivity index (χ4v) is 6.31. The molecule has 12 heteroatoms. The van der Waals surface area contributed by atoms with Crippen molar-refractivity contribution in [3.8, 4) is 0 Å². The van der Waals surface area contributed by atoms with Crippen LogP contribution in [0, 0.1) is 0 Å². The Morgan fingerprint density at radius 1 is 0.582 bits per heavy atom. The van der Waals surface area contributed by atoms with Gasteiger partial charge in [0.15, 0.2) is 6.04 Å². The van der Waals surface area contributed by atoms with Crippen molar-refractivity contribution in [2.24, 2.45) is 0 Å². The largest absolute Gasteiger partial charge is 0.480 e. The predicted octanol–water partition coefficient (Wildman–Crippen LogP) is 10.6. The molecule has 3 unspecified atom stereocenters. The van der Waals surface area contributed by atoms with Gasteiger partial charge >= 0.3 is 19.8 Å². The van der Waals surface area contributed by atoms with Crippen LogP contribution in [0.4, 0.5) is 0 Å². The first-order valence-corrected chi connectivity index (χ1v) is 22.7.